The normalized spacial score (nSPS) is 16.2. The summed E-state index contributed by atoms with van der Waals surface area (Å²) in [5.41, 5.74) is 5.57. The van der Waals surface area contributed by atoms with Gasteiger partial charge in [0, 0.05) is 10.9 Å². The number of ether oxygens (including phenoxy) is 2. The van der Waals surface area contributed by atoms with Gasteiger partial charge in [-0.05, 0) is 12.1 Å². The molecular weight excluding hydrogens is 422 g/mol. The molecule has 0 aliphatic carbocycles. The number of hydrogen-bond acceptors (Lipinski definition) is 11. The van der Waals surface area contributed by atoms with Gasteiger partial charge in [0.15, 0.2) is 5.13 Å². The van der Waals surface area contributed by atoms with Crippen molar-refractivity contribution >= 4 is 52.8 Å². The molecule has 3 N–H and O–H groups in total. The number of carbonyl (C=O) groups excluding carboxylic acids is 1. The highest BCUT2D eigenvalue weighted by Gasteiger charge is 2.33. The van der Waals surface area contributed by atoms with Crippen LogP contribution in [0.25, 0.3) is 0 Å². The van der Waals surface area contributed by atoms with Crippen LogP contribution in [0.3, 0.4) is 0 Å². The molecule has 1 aliphatic rings. The van der Waals surface area contributed by atoms with E-state index in [1.807, 2.05) is 6.07 Å². The number of aliphatic carboxylic acids is 1. The monoisotopic (exact) mass is 437 g/mol. The van der Waals surface area contributed by atoms with Crippen LogP contribution in [0, 0.1) is 0 Å². The third kappa shape index (κ3) is 5.36. The van der Waals surface area contributed by atoms with Crippen molar-refractivity contribution in [1.82, 2.24) is 9.99 Å². The van der Waals surface area contributed by atoms with Gasteiger partial charge >= 0.3 is 11.9 Å². The van der Waals surface area contributed by atoms with Gasteiger partial charge in [0.25, 0.3) is 5.84 Å². The Bertz CT molecular complexity index is 948. The molecule has 11 nitrogen and oxygen atoms in total. The SMILES string of the molecule is Nc1nc(COC(=O)CO/N=C(/C(=O)O)N2N=C(c3ccccc3)OC2S)cs1. The topological polar surface area (TPSA) is 149 Å². The zero-order valence-electron chi connectivity index (χ0n) is 14.7. The van der Waals surface area contributed by atoms with Crippen LogP contribution in [0.4, 0.5) is 5.13 Å². The molecule has 1 unspecified atom stereocenters. The van der Waals surface area contributed by atoms with Crippen molar-refractivity contribution in [1.29, 1.82) is 0 Å². The lowest BCUT2D eigenvalue weighted by atomic mass is 10.2. The van der Waals surface area contributed by atoms with Crippen molar-refractivity contribution in [2.24, 2.45) is 10.3 Å². The van der Waals surface area contributed by atoms with E-state index in [0.717, 1.165) is 5.01 Å². The number of hydrogen-bond donors (Lipinski definition) is 3. The number of carboxylic acids is 1. The van der Waals surface area contributed by atoms with Crippen molar-refractivity contribution in [2.45, 2.75) is 12.2 Å². The molecule has 1 aromatic heterocycles. The number of anilines is 1. The summed E-state index contributed by atoms with van der Waals surface area (Å²) < 4.78 is 10.4. The van der Waals surface area contributed by atoms with Crippen LogP contribution in [-0.2, 0) is 30.5 Å². The molecule has 29 heavy (non-hydrogen) atoms. The number of amidine groups is 1. The first-order valence-electron chi connectivity index (χ1n) is 8.01. The number of benzene rings is 1. The molecule has 1 atom stereocenters. The second kappa shape index (κ2) is 9.25. The third-order valence-corrected chi connectivity index (χ3v) is 4.38. The highest BCUT2D eigenvalue weighted by atomic mass is 32.1. The van der Waals surface area contributed by atoms with Crippen LogP contribution in [-0.4, -0.2) is 50.9 Å². The quantitative estimate of drug-likeness (QED) is 0.198. The summed E-state index contributed by atoms with van der Waals surface area (Å²) in [5.74, 6) is -2.66. The van der Waals surface area contributed by atoms with Gasteiger partial charge in [0.1, 0.15) is 6.61 Å². The van der Waals surface area contributed by atoms with Gasteiger partial charge in [-0.3, -0.25) is 0 Å². The number of oxime groups is 1. The van der Waals surface area contributed by atoms with E-state index in [-0.39, 0.29) is 12.5 Å². The van der Waals surface area contributed by atoms with Gasteiger partial charge in [-0.25, -0.2) is 14.6 Å². The summed E-state index contributed by atoms with van der Waals surface area (Å²) in [4.78, 5) is 32.0. The lowest BCUT2D eigenvalue weighted by Gasteiger charge is -2.15. The molecule has 0 amide bonds. The van der Waals surface area contributed by atoms with E-state index >= 15 is 0 Å². The summed E-state index contributed by atoms with van der Waals surface area (Å²) >= 11 is 5.36. The van der Waals surface area contributed by atoms with Crippen LogP contribution in [0.1, 0.15) is 11.3 Å². The lowest BCUT2D eigenvalue weighted by Crippen LogP contribution is -2.36. The van der Waals surface area contributed by atoms with Crippen LogP contribution in [0.5, 0.6) is 0 Å². The molecule has 0 fully saturated rings. The molecule has 152 valence electrons. The molecular formula is C16H15N5O6S2. The van der Waals surface area contributed by atoms with Crippen LogP contribution < -0.4 is 5.73 Å². The second-order valence-electron chi connectivity index (χ2n) is 5.39. The molecule has 0 spiro atoms. The minimum atomic E-state index is -1.45. The van der Waals surface area contributed by atoms with E-state index in [9.17, 15) is 14.7 Å². The van der Waals surface area contributed by atoms with Crippen LogP contribution >= 0.6 is 24.0 Å². The first-order chi connectivity index (χ1) is 13.9. The van der Waals surface area contributed by atoms with Crippen LogP contribution in [0.2, 0.25) is 0 Å². The van der Waals surface area contributed by atoms with Gasteiger partial charge < -0.3 is 25.2 Å². The van der Waals surface area contributed by atoms with E-state index in [0.29, 0.717) is 16.4 Å². The Morgan fingerprint density at radius 3 is 2.79 bits per heavy atom. The predicted molar refractivity (Wildman–Crippen MR) is 106 cm³/mol. The molecule has 0 bridgehead atoms. The summed E-state index contributed by atoms with van der Waals surface area (Å²) in [5, 5.41) is 19.8. The summed E-state index contributed by atoms with van der Waals surface area (Å²) in [6.45, 7) is -0.702. The van der Waals surface area contributed by atoms with E-state index < -0.39 is 29.9 Å². The Hall–Kier alpha value is -3.32. The number of carbonyl (C=O) groups is 2. The first kappa shape index (κ1) is 20.4. The van der Waals surface area contributed by atoms with E-state index in [1.54, 1.807) is 29.6 Å². The maximum absolute atomic E-state index is 11.7. The fraction of sp³-hybridized carbons (Fsp3) is 0.188. The number of thiazole rings is 1. The van der Waals surface area contributed by atoms with Crippen molar-refractivity contribution in [3.8, 4) is 0 Å². The Morgan fingerprint density at radius 1 is 1.38 bits per heavy atom. The minimum Gasteiger partial charge on any atom is -0.475 e. The van der Waals surface area contributed by atoms with Crippen molar-refractivity contribution < 1.29 is 29.0 Å². The molecule has 13 heteroatoms. The number of hydrazone groups is 1. The number of esters is 1. The van der Waals surface area contributed by atoms with Crippen molar-refractivity contribution in [3.63, 3.8) is 0 Å². The number of thiol groups is 1. The molecule has 0 radical (unpaired) electrons. The summed E-state index contributed by atoms with van der Waals surface area (Å²) in [6.07, 6.45) is 0. The van der Waals surface area contributed by atoms with Gasteiger partial charge in [-0.2, -0.15) is 5.01 Å². The molecule has 0 saturated carbocycles. The second-order valence-corrected chi connectivity index (χ2v) is 6.72. The number of nitrogen functional groups attached to an aromatic ring is 1. The number of aromatic nitrogens is 1. The van der Waals surface area contributed by atoms with E-state index in [2.05, 4.69) is 27.9 Å². The molecule has 1 aromatic carbocycles. The average molecular weight is 437 g/mol. The largest absolute Gasteiger partial charge is 0.475 e. The Morgan fingerprint density at radius 2 is 2.14 bits per heavy atom. The van der Waals surface area contributed by atoms with Crippen molar-refractivity contribution in [3.05, 3.63) is 47.0 Å². The Balaban J connectivity index is 1.60. The smallest absolute Gasteiger partial charge is 0.377 e. The lowest BCUT2D eigenvalue weighted by molar-refractivity contribution is -0.150. The first-order valence-corrected chi connectivity index (χ1v) is 9.40. The van der Waals surface area contributed by atoms with Gasteiger partial charge in [0.05, 0.1) is 5.69 Å². The van der Waals surface area contributed by atoms with E-state index in [4.69, 9.17) is 20.0 Å². The molecule has 2 aromatic rings. The summed E-state index contributed by atoms with van der Waals surface area (Å²) in [6, 6.07) is 8.84. The average Bonchev–Trinajstić information content (AvgIpc) is 3.29. The van der Waals surface area contributed by atoms with Crippen molar-refractivity contribution in [2.75, 3.05) is 12.3 Å². The minimum absolute atomic E-state index is 0.0885. The Labute approximate surface area is 173 Å². The molecule has 0 saturated heterocycles. The zero-order chi connectivity index (χ0) is 20.8. The zero-order valence-corrected chi connectivity index (χ0v) is 16.4. The molecule has 1 aliphatic heterocycles. The fourth-order valence-corrected chi connectivity index (χ4v) is 2.90. The molecule has 2 heterocycles. The fourth-order valence-electron chi connectivity index (χ4n) is 2.09. The predicted octanol–water partition coefficient (Wildman–Crippen LogP) is 1.09. The van der Waals surface area contributed by atoms with E-state index in [1.165, 1.54) is 11.3 Å². The number of nitrogens with two attached hydrogens (primary N) is 1. The highest BCUT2D eigenvalue weighted by molar-refractivity contribution is 7.80. The maximum atomic E-state index is 11.7. The third-order valence-electron chi connectivity index (χ3n) is 3.34. The number of carboxylic acid groups (broad SMARTS) is 1. The van der Waals surface area contributed by atoms with Crippen LogP contribution in [0.15, 0.2) is 46.0 Å². The Kier molecular flexibility index (Phi) is 6.51. The summed E-state index contributed by atoms with van der Waals surface area (Å²) in [7, 11) is 0. The van der Waals surface area contributed by atoms with Gasteiger partial charge in [-0.15, -0.1) is 29.1 Å². The number of rotatable bonds is 6. The van der Waals surface area contributed by atoms with Gasteiger partial charge in [-0.1, -0.05) is 23.4 Å². The van der Waals surface area contributed by atoms with Gasteiger partial charge in [0.2, 0.25) is 18.1 Å². The number of nitrogens with zero attached hydrogens (tertiary/aromatic N) is 4. The molecule has 3 rings (SSSR count). The standard InChI is InChI=1S/C16H15N5O6S2/c17-15-18-10(8-29-15)6-25-11(22)7-26-20-12(14(23)24)21-16(28)27-13(19-21)9-4-2-1-3-5-9/h1-5,8,16,28H,6-7H2,(H2,17,18)(H,23,24)/b20-12-. The highest BCUT2D eigenvalue weighted by Crippen LogP contribution is 2.20. The maximum Gasteiger partial charge on any atom is 0.377 e.